The monoisotopic (exact) mass is 493 g/mol. The molecular formula is C23H23N7O6. The Morgan fingerprint density at radius 1 is 0.944 bits per heavy atom. The van der Waals surface area contributed by atoms with Gasteiger partial charge in [-0.3, -0.25) is 29.8 Å². The quantitative estimate of drug-likeness (QED) is 0.406. The Morgan fingerprint density at radius 2 is 1.61 bits per heavy atom. The second-order valence-electron chi connectivity index (χ2n) is 8.26. The summed E-state index contributed by atoms with van der Waals surface area (Å²) in [6.45, 7) is 5.02. The van der Waals surface area contributed by atoms with Crippen LogP contribution in [0, 0.1) is 27.2 Å². The van der Waals surface area contributed by atoms with E-state index in [1.54, 1.807) is 17.9 Å². The van der Waals surface area contributed by atoms with Gasteiger partial charge >= 0.3 is 0 Å². The van der Waals surface area contributed by atoms with Crippen molar-refractivity contribution in [3.8, 4) is 5.69 Å². The molecule has 36 heavy (non-hydrogen) atoms. The Labute approximate surface area is 205 Å². The minimum Gasteiger partial charge on any atom is -0.362 e. The predicted molar refractivity (Wildman–Crippen MR) is 130 cm³/mol. The van der Waals surface area contributed by atoms with Crippen LogP contribution in [0.25, 0.3) is 5.69 Å². The highest BCUT2D eigenvalue weighted by molar-refractivity contribution is 6.05. The first kappa shape index (κ1) is 24.3. The number of nitro groups is 2. The fourth-order valence-corrected chi connectivity index (χ4v) is 4.03. The van der Waals surface area contributed by atoms with E-state index in [2.05, 4.69) is 10.4 Å². The Kier molecular flexibility index (Phi) is 6.63. The average Bonchev–Trinajstić information content (AvgIpc) is 3.23. The molecule has 1 N–H and O–H groups in total. The number of rotatable bonds is 6. The van der Waals surface area contributed by atoms with E-state index in [0.717, 1.165) is 0 Å². The van der Waals surface area contributed by atoms with Crippen LogP contribution < -0.4 is 10.2 Å². The number of hydrogen-bond acceptors (Lipinski definition) is 8. The summed E-state index contributed by atoms with van der Waals surface area (Å²) in [5.41, 5.74) is 1.26. The number of aromatic nitrogens is 2. The lowest BCUT2D eigenvalue weighted by Gasteiger charge is -2.35. The summed E-state index contributed by atoms with van der Waals surface area (Å²) >= 11 is 0. The molecule has 1 aliphatic heterocycles. The number of amides is 2. The van der Waals surface area contributed by atoms with E-state index in [9.17, 15) is 29.8 Å². The minimum absolute atomic E-state index is 0.0422. The number of anilines is 2. The number of nitrogens with one attached hydrogen (secondary N) is 1. The number of carbonyl (C=O) groups excluding carboxylic acids is 2. The van der Waals surface area contributed by atoms with Gasteiger partial charge in [-0.25, -0.2) is 4.68 Å². The molecule has 0 aliphatic carbocycles. The Bertz CT molecular complexity index is 1340. The summed E-state index contributed by atoms with van der Waals surface area (Å²) in [6, 6.07) is 11.6. The molecule has 1 fully saturated rings. The van der Waals surface area contributed by atoms with Crippen LogP contribution in [0.15, 0.2) is 48.5 Å². The van der Waals surface area contributed by atoms with Gasteiger partial charge in [0.1, 0.15) is 11.5 Å². The lowest BCUT2D eigenvalue weighted by molar-refractivity contribution is -0.384. The summed E-state index contributed by atoms with van der Waals surface area (Å²) in [5, 5.41) is 29.8. The third-order valence-corrected chi connectivity index (χ3v) is 5.88. The van der Waals surface area contributed by atoms with E-state index < -0.39 is 15.8 Å². The molecule has 1 saturated heterocycles. The highest BCUT2D eigenvalue weighted by atomic mass is 16.6. The van der Waals surface area contributed by atoms with Crippen molar-refractivity contribution < 1.29 is 19.4 Å². The lowest BCUT2D eigenvalue weighted by atomic mass is 10.1. The van der Waals surface area contributed by atoms with Crippen molar-refractivity contribution in [1.29, 1.82) is 0 Å². The molecule has 13 heteroatoms. The van der Waals surface area contributed by atoms with Gasteiger partial charge in [0, 0.05) is 62.9 Å². The van der Waals surface area contributed by atoms with Gasteiger partial charge in [0.15, 0.2) is 0 Å². The molecule has 2 aromatic carbocycles. The summed E-state index contributed by atoms with van der Waals surface area (Å²) in [7, 11) is 0. The number of nitro benzene ring substituents is 2. The number of piperazine rings is 1. The van der Waals surface area contributed by atoms with Crippen LogP contribution in [-0.2, 0) is 4.79 Å². The largest absolute Gasteiger partial charge is 0.362 e. The second kappa shape index (κ2) is 9.82. The molecule has 1 aromatic heterocycles. The third kappa shape index (κ3) is 4.99. The zero-order chi connectivity index (χ0) is 26.0. The first-order valence-electron chi connectivity index (χ1n) is 11.1. The van der Waals surface area contributed by atoms with Gasteiger partial charge in [0.2, 0.25) is 5.91 Å². The van der Waals surface area contributed by atoms with Crippen molar-refractivity contribution in [2.75, 3.05) is 36.4 Å². The van der Waals surface area contributed by atoms with Gasteiger partial charge in [0.25, 0.3) is 17.3 Å². The number of benzene rings is 2. The van der Waals surface area contributed by atoms with Crippen LogP contribution >= 0.6 is 0 Å². The zero-order valence-corrected chi connectivity index (χ0v) is 19.6. The maximum Gasteiger partial charge on any atom is 0.293 e. The molecular weight excluding hydrogens is 470 g/mol. The highest BCUT2D eigenvalue weighted by Gasteiger charge is 2.26. The van der Waals surface area contributed by atoms with Crippen molar-refractivity contribution >= 4 is 34.7 Å². The number of hydrogen-bond donors (Lipinski definition) is 1. The van der Waals surface area contributed by atoms with Gasteiger partial charge in [-0.15, -0.1) is 0 Å². The van der Waals surface area contributed by atoms with Crippen LogP contribution in [0.4, 0.5) is 22.9 Å². The topological polar surface area (TPSA) is 157 Å². The van der Waals surface area contributed by atoms with Crippen LogP contribution in [0.2, 0.25) is 0 Å². The van der Waals surface area contributed by atoms with E-state index in [4.69, 9.17) is 0 Å². The Balaban J connectivity index is 1.57. The SMILES string of the molecule is CC(=O)N1CCN(c2ccc(C(=O)Nc3cc(C)nn3-c3ccc([N+](=O)[O-])cc3)cc2[N+](=O)[O-])CC1. The first-order chi connectivity index (χ1) is 17.1. The minimum atomic E-state index is -0.575. The Morgan fingerprint density at radius 3 is 2.19 bits per heavy atom. The molecule has 186 valence electrons. The van der Waals surface area contributed by atoms with E-state index in [1.165, 1.54) is 54.1 Å². The first-order valence-corrected chi connectivity index (χ1v) is 11.1. The fraction of sp³-hybridized carbons (Fsp3) is 0.261. The summed E-state index contributed by atoms with van der Waals surface area (Å²) in [5.74, 6) is -0.313. The molecule has 0 atom stereocenters. The zero-order valence-electron chi connectivity index (χ0n) is 19.6. The van der Waals surface area contributed by atoms with Gasteiger partial charge in [-0.2, -0.15) is 5.10 Å². The van der Waals surface area contributed by atoms with Crippen molar-refractivity contribution in [3.63, 3.8) is 0 Å². The summed E-state index contributed by atoms with van der Waals surface area (Å²) in [4.78, 5) is 49.8. The van der Waals surface area contributed by atoms with E-state index >= 15 is 0 Å². The smallest absolute Gasteiger partial charge is 0.293 e. The van der Waals surface area contributed by atoms with Gasteiger partial charge in [-0.1, -0.05) is 0 Å². The maximum atomic E-state index is 13.0. The molecule has 2 amide bonds. The van der Waals surface area contributed by atoms with Crippen molar-refractivity contribution in [3.05, 3.63) is 80.0 Å². The van der Waals surface area contributed by atoms with Crippen molar-refractivity contribution in [1.82, 2.24) is 14.7 Å². The van der Waals surface area contributed by atoms with Crippen molar-refractivity contribution in [2.45, 2.75) is 13.8 Å². The number of nitrogens with zero attached hydrogens (tertiary/aromatic N) is 6. The Hall–Kier alpha value is -4.81. The normalized spacial score (nSPS) is 13.4. The van der Waals surface area contributed by atoms with Crippen LogP contribution in [0.1, 0.15) is 23.0 Å². The standard InChI is InChI=1S/C23H23N7O6/c1-15-13-22(28(25-15)18-4-6-19(7-5-18)29(33)34)24-23(32)17-3-8-20(21(14-17)30(35)36)27-11-9-26(10-12-27)16(2)31/h3-8,13-14H,9-12H2,1-2H3,(H,24,32). The molecule has 0 bridgehead atoms. The molecule has 2 heterocycles. The average molecular weight is 493 g/mol. The maximum absolute atomic E-state index is 13.0. The van der Waals surface area contributed by atoms with Gasteiger partial charge in [0.05, 0.1) is 21.2 Å². The number of aryl methyl sites for hydroxylation is 1. The molecule has 0 saturated carbocycles. The molecule has 0 unspecified atom stereocenters. The summed E-state index contributed by atoms with van der Waals surface area (Å²) in [6.07, 6.45) is 0. The second-order valence-corrected chi connectivity index (χ2v) is 8.26. The van der Waals surface area contributed by atoms with Crippen LogP contribution in [-0.4, -0.2) is 62.5 Å². The number of non-ortho nitro benzene ring substituents is 1. The van der Waals surface area contributed by atoms with E-state index in [0.29, 0.717) is 49.1 Å². The lowest BCUT2D eigenvalue weighted by Crippen LogP contribution is -2.48. The molecule has 3 aromatic rings. The molecule has 13 nitrogen and oxygen atoms in total. The van der Waals surface area contributed by atoms with Crippen LogP contribution in [0.3, 0.4) is 0 Å². The van der Waals surface area contributed by atoms with E-state index in [-0.39, 0.29) is 22.8 Å². The predicted octanol–water partition coefficient (Wildman–Crippen LogP) is 2.92. The molecule has 4 rings (SSSR count). The van der Waals surface area contributed by atoms with Crippen molar-refractivity contribution in [2.24, 2.45) is 0 Å². The molecule has 0 spiro atoms. The number of carbonyl (C=O) groups is 2. The van der Waals surface area contributed by atoms with Gasteiger partial charge < -0.3 is 15.1 Å². The summed E-state index contributed by atoms with van der Waals surface area (Å²) < 4.78 is 1.42. The highest BCUT2D eigenvalue weighted by Crippen LogP contribution is 2.31. The molecule has 0 radical (unpaired) electrons. The third-order valence-electron chi connectivity index (χ3n) is 5.88. The van der Waals surface area contributed by atoms with Gasteiger partial charge in [-0.05, 0) is 31.2 Å². The molecule has 1 aliphatic rings. The fourth-order valence-electron chi connectivity index (χ4n) is 4.03. The van der Waals surface area contributed by atoms with Crippen LogP contribution in [0.5, 0.6) is 0 Å². The van der Waals surface area contributed by atoms with E-state index in [1.807, 2.05) is 4.90 Å².